The van der Waals surface area contributed by atoms with Gasteiger partial charge in [0.2, 0.25) is 11.1 Å². The SMILES string of the molecule is CCOc1ccc(-n2nnnc2SCC(=O)Nc2ccccc2)cc1. The first-order valence-electron chi connectivity index (χ1n) is 7.75. The summed E-state index contributed by atoms with van der Waals surface area (Å²) in [6.07, 6.45) is 0. The highest BCUT2D eigenvalue weighted by Crippen LogP contribution is 2.20. The van der Waals surface area contributed by atoms with Crippen molar-refractivity contribution in [2.24, 2.45) is 0 Å². The summed E-state index contributed by atoms with van der Waals surface area (Å²) in [4.78, 5) is 12.0. The summed E-state index contributed by atoms with van der Waals surface area (Å²) in [7, 11) is 0. The standard InChI is InChI=1S/C17H17N5O2S/c1-2-24-15-10-8-14(9-11-15)22-17(19-20-21-22)25-12-16(23)18-13-6-4-3-5-7-13/h3-11H,2,12H2,1H3,(H,18,23). The monoisotopic (exact) mass is 355 g/mol. The van der Waals surface area contributed by atoms with E-state index < -0.39 is 0 Å². The predicted molar refractivity (Wildman–Crippen MR) is 96.1 cm³/mol. The first-order valence-corrected chi connectivity index (χ1v) is 8.74. The van der Waals surface area contributed by atoms with Crippen molar-refractivity contribution in [3.05, 3.63) is 54.6 Å². The quantitative estimate of drug-likeness (QED) is 0.656. The maximum Gasteiger partial charge on any atom is 0.234 e. The minimum atomic E-state index is -0.113. The number of carbonyl (C=O) groups excluding carboxylic acids is 1. The van der Waals surface area contributed by atoms with Gasteiger partial charge in [0.1, 0.15) is 5.75 Å². The maximum atomic E-state index is 12.0. The highest BCUT2D eigenvalue weighted by Gasteiger charge is 2.12. The molecule has 3 aromatic rings. The second kappa shape index (κ2) is 8.29. The zero-order valence-corrected chi connectivity index (χ0v) is 14.4. The van der Waals surface area contributed by atoms with Crippen LogP contribution in [0.1, 0.15) is 6.92 Å². The number of tetrazole rings is 1. The van der Waals surface area contributed by atoms with E-state index in [0.717, 1.165) is 17.1 Å². The van der Waals surface area contributed by atoms with Crippen molar-refractivity contribution < 1.29 is 9.53 Å². The summed E-state index contributed by atoms with van der Waals surface area (Å²) < 4.78 is 7.02. The molecule has 0 saturated carbocycles. The van der Waals surface area contributed by atoms with E-state index in [0.29, 0.717) is 11.8 Å². The Bertz CT molecular complexity index is 821. The smallest absolute Gasteiger partial charge is 0.234 e. The molecule has 1 N–H and O–H groups in total. The van der Waals surface area contributed by atoms with Crippen molar-refractivity contribution in [2.45, 2.75) is 12.1 Å². The van der Waals surface area contributed by atoms with Crippen LogP contribution in [0, 0.1) is 0 Å². The Morgan fingerprint density at radius 1 is 1.16 bits per heavy atom. The fourth-order valence-electron chi connectivity index (χ4n) is 2.13. The number of para-hydroxylation sites is 1. The lowest BCUT2D eigenvalue weighted by molar-refractivity contribution is -0.113. The van der Waals surface area contributed by atoms with Crippen LogP contribution in [0.25, 0.3) is 5.69 Å². The van der Waals surface area contributed by atoms with Gasteiger partial charge in [-0.15, -0.1) is 5.10 Å². The van der Waals surface area contributed by atoms with Crippen molar-refractivity contribution in [1.29, 1.82) is 0 Å². The second-order valence-corrected chi connectivity index (χ2v) is 5.95. The number of carbonyl (C=O) groups is 1. The Balaban J connectivity index is 1.62. The molecule has 0 aliphatic heterocycles. The molecule has 0 bridgehead atoms. The Morgan fingerprint density at radius 3 is 2.64 bits per heavy atom. The summed E-state index contributed by atoms with van der Waals surface area (Å²) in [5.74, 6) is 0.889. The number of nitrogens with zero attached hydrogens (tertiary/aromatic N) is 4. The van der Waals surface area contributed by atoms with E-state index in [1.807, 2.05) is 61.5 Å². The molecule has 8 heteroatoms. The second-order valence-electron chi connectivity index (χ2n) is 5.00. The highest BCUT2D eigenvalue weighted by atomic mass is 32.2. The fourth-order valence-corrected chi connectivity index (χ4v) is 2.82. The molecule has 0 saturated heterocycles. The van der Waals surface area contributed by atoms with Crippen LogP contribution in [0.4, 0.5) is 5.69 Å². The lowest BCUT2D eigenvalue weighted by atomic mass is 10.3. The molecule has 1 aromatic heterocycles. The molecule has 1 amide bonds. The van der Waals surface area contributed by atoms with Crippen LogP contribution >= 0.6 is 11.8 Å². The lowest BCUT2D eigenvalue weighted by Gasteiger charge is -2.07. The van der Waals surface area contributed by atoms with Crippen molar-refractivity contribution in [2.75, 3.05) is 17.7 Å². The van der Waals surface area contributed by atoms with E-state index in [2.05, 4.69) is 20.8 Å². The minimum Gasteiger partial charge on any atom is -0.494 e. The minimum absolute atomic E-state index is 0.113. The van der Waals surface area contributed by atoms with Gasteiger partial charge in [0.05, 0.1) is 18.0 Å². The van der Waals surface area contributed by atoms with E-state index in [1.54, 1.807) is 4.68 Å². The van der Waals surface area contributed by atoms with Crippen molar-refractivity contribution in [1.82, 2.24) is 20.2 Å². The number of amides is 1. The van der Waals surface area contributed by atoms with Crippen LogP contribution in [0.15, 0.2) is 59.8 Å². The van der Waals surface area contributed by atoms with Gasteiger partial charge in [-0.05, 0) is 53.7 Å². The Labute approximate surface area is 149 Å². The topological polar surface area (TPSA) is 81.9 Å². The first kappa shape index (κ1) is 17.0. The van der Waals surface area contributed by atoms with Crippen molar-refractivity contribution >= 4 is 23.4 Å². The molecule has 2 aromatic carbocycles. The van der Waals surface area contributed by atoms with Crippen LogP contribution in [-0.2, 0) is 4.79 Å². The van der Waals surface area contributed by atoms with Gasteiger partial charge in [-0.25, -0.2) is 0 Å². The summed E-state index contributed by atoms with van der Waals surface area (Å²) in [6.45, 7) is 2.55. The van der Waals surface area contributed by atoms with Crippen molar-refractivity contribution in [3.8, 4) is 11.4 Å². The molecule has 0 aliphatic carbocycles. The normalized spacial score (nSPS) is 10.4. The van der Waals surface area contributed by atoms with Gasteiger partial charge in [0.25, 0.3) is 0 Å². The summed E-state index contributed by atoms with van der Waals surface area (Å²) in [6, 6.07) is 16.8. The van der Waals surface area contributed by atoms with E-state index in [1.165, 1.54) is 11.8 Å². The van der Waals surface area contributed by atoms with E-state index in [-0.39, 0.29) is 11.7 Å². The third-order valence-corrected chi connectivity index (χ3v) is 4.14. The van der Waals surface area contributed by atoms with E-state index in [9.17, 15) is 4.79 Å². The first-order chi connectivity index (χ1) is 12.3. The third-order valence-electron chi connectivity index (χ3n) is 3.22. The Kier molecular flexibility index (Phi) is 5.63. The molecule has 0 fully saturated rings. The molecular formula is C17H17N5O2S. The average molecular weight is 355 g/mol. The van der Waals surface area contributed by atoms with Gasteiger partial charge < -0.3 is 10.1 Å². The molecule has 1 heterocycles. The summed E-state index contributed by atoms with van der Waals surface area (Å²) >= 11 is 1.27. The lowest BCUT2D eigenvalue weighted by Crippen LogP contribution is -2.14. The van der Waals surface area contributed by atoms with Gasteiger partial charge in [0.15, 0.2) is 0 Å². The molecule has 0 radical (unpaired) electrons. The molecule has 25 heavy (non-hydrogen) atoms. The van der Waals surface area contributed by atoms with Gasteiger partial charge in [0, 0.05) is 5.69 Å². The molecule has 0 unspecified atom stereocenters. The van der Waals surface area contributed by atoms with Gasteiger partial charge in [-0.3, -0.25) is 4.79 Å². The number of benzene rings is 2. The number of anilines is 1. The molecule has 0 atom stereocenters. The molecular weight excluding hydrogens is 338 g/mol. The number of hydrogen-bond acceptors (Lipinski definition) is 6. The summed E-state index contributed by atoms with van der Waals surface area (Å²) in [5.41, 5.74) is 1.57. The largest absolute Gasteiger partial charge is 0.494 e. The zero-order valence-electron chi connectivity index (χ0n) is 13.6. The summed E-state index contributed by atoms with van der Waals surface area (Å²) in [5, 5.41) is 15.0. The highest BCUT2D eigenvalue weighted by molar-refractivity contribution is 7.99. The fraction of sp³-hybridized carbons (Fsp3) is 0.176. The molecule has 7 nitrogen and oxygen atoms in total. The molecule has 0 spiro atoms. The van der Waals surface area contributed by atoms with Gasteiger partial charge >= 0.3 is 0 Å². The Hall–Kier alpha value is -2.87. The van der Waals surface area contributed by atoms with E-state index in [4.69, 9.17) is 4.74 Å². The van der Waals surface area contributed by atoms with Gasteiger partial charge in [-0.2, -0.15) is 4.68 Å². The molecule has 0 aliphatic rings. The molecule has 3 rings (SSSR count). The zero-order chi connectivity index (χ0) is 17.5. The average Bonchev–Trinajstić information content (AvgIpc) is 3.10. The van der Waals surface area contributed by atoms with Crippen LogP contribution < -0.4 is 10.1 Å². The van der Waals surface area contributed by atoms with Crippen LogP contribution in [-0.4, -0.2) is 38.5 Å². The van der Waals surface area contributed by atoms with E-state index >= 15 is 0 Å². The predicted octanol–water partition coefficient (Wildman–Crippen LogP) is 2.79. The number of hydrogen-bond donors (Lipinski definition) is 1. The molecule has 128 valence electrons. The Morgan fingerprint density at radius 2 is 1.92 bits per heavy atom. The maximum absolute atomic E-state index is 12.0. The van der Waals surface area contributed by atoms with Crippen LogP contribution in [0.2, 0.25) is 0 Å². The van der Waals surface area contributed by atoms with Gasteiger partial charge in [-0.1, -0.05) is 30.0 Å². The third kappa shape index (κ3) is 4.57. The number of rotatable bonds is 7. The number of nitrogens with one attached hydrogen (secondary N) is 1. The number of thioether (sulfide) groups is 1. The van der Waals surface area contributed by atoms with Crippen molar-refractivity contribution in [3.63, 3.8) is 0 Å². The van der Waals surface area contributed by atoms with Crippen LogP contribution in [0.5, 0.6) is 5.75 Å². The number of aromatic nitrogens is 4. The van der Waals surface area contributed by atoms with Crippen LogP contribution in [0.3, 0.4) is 0 Å². The number of ether oxygens (including phenoxy) is 1.